The number of nitrogens with zero attached hydrogens (tertiary/aromatic N) is 3. The lowest BCUT2D eigenvalue weighted by molar-refractivity contribution is 0.102. The molecule has 0 aliphatic carbocycles. The van der Waals surface area contributed by atoms with Gasteiger partial charge in [0.2, 0.25) is 0 Å². The molecule has 100 valence electrons. The first-order chi connectivity index (χ1) is 9.69. The average molecular weight is 289 g/mol. The number of aromatic nitrogens is 2. The van der Waals surface area contributed by atoms with Crippen molar-refractivity contribution in [3.8, 4) is 11.8 Å². The molecular weight excluding hydrogens is 280 g/mol. The van der Waals surface area contributed by atoms with Crippen molar-refractivity contribution in [2.75, 3.05) is 11.9 Å². The minimum atomic E-state index is -0.411. The van der Waals surface area contributed by atoms with Gasteiger partial charge in [-0.25, -0.2) is 9.97 Å². The first kappa shape index (κ1) is 13.8. The summed E-state index contributed by atoms with van der Waals surface area (Å²) in [5.74, 6) is 0.0816. The summed E-state index contributed by atoms with van der Waals surface area (Å²) in [6, 6.07) is 8.57. The summed E-state index contributed by atoms with van der Waals surface area (Å²) in [4.78, 5) is 19.5. The van der Waals surface area contributed by atoms with Crippen molar-refractivity contribution in [2.45, 2.75) is 0 Å². The maximum atomic E-state index is 11.9. The van der Waals surface area contributed by atoms with Gasteiger partial charge in [0, 0.05) is 11.8 Å². The zero-order valence-corrected chi connectivity index (χ0v) is 11.0. The fourth-order valence-electron chi connectivity index (χ4n) is 1.40. The average Bonchev–Trinajstić information content (AvgIpc) is 2.46. The molecule has 0 radical (unpaired) electrons. The van der Waals surface area contributed by atoms with E-state index in [0.717, 1.165) is 0 Å². The summed E-state index contributed by atoms with van der Waals surface area (Å²) >= 11 is 5.60. The molecule has 0 aliphatic heterocycles. The standard InChI is InChI=1S/C13H9ClN4O2/c14-12-8-16-11(7-17-12)13(19)18-9-2-1-3-10(6-9)20-5-4-15/h1-3,6-8H,5H2,(H,18,19). The molecule has 0 unspecified atom stereocenters. The number of halogens is 1. The van der Waals surface area contributed by atoms with Crippen molar-refractivity contribution in [3.63, 3.8) is 0 Å². The molecule has 0 atom stereocenters. The van der Waals surface area contributed by atoms with Crippen LogP contribution in [0.2, 0.25) is 5.15 Å². The summed E-state index contributed by atoms with van der Waals surface area (Å²) < 4.78 is 5.14. The summed E-state index contributed by atoms with van der Waals surface area (Å²) in [5, 5.41) is 11.3. The number of carbonyl (C=O) groups is 1. The van der Waals surface area contributed by atoms with E-state index in [0.29, 0.717) is 11.4 Å². The van der Waals surface area contributed by atoms with Crippen LogP contribution in [0.1, 0.15) is 10.5 Å². The highest BCUT2D eigenvalue weighted by molar-refractivity contribution is 6.29. The van der Waals surface area contributed by atoms with Crippen LogP contribution in [-0.2, 0) is 0 Å². The van der Waals surface area contributed by atoms with Gasteiger partial charge in [-0.3, -0.25) is 4.79 Å². The predicted octanol–water partition coefficient (Wildman–Crippen LogP) is 2.28. The number of amides is 1. The molecular formula is C13H9ClN4O2. The predicted molar refractivity (Wildman–Crippen MR) is 72.5 cm³/mol. The topological polar surface area (TPSA) is 87.9 Å². The van der Waals surface area contributed by atoms with Crippen molar-refractivity contribution in [1.29, 1.82) is 5.26 Å². The molecule has 2 rings (SSSR count). The molecule has 7 heteroatoms. The number of hydrogen-bond donors (Lipinski definition) is 1. The number of nitriles is 1. The molecule has 0 aliphatic rings. The minimum Gasteiger partial charge on any atom is -0.479 e. The maximum absolute atomic E-state index is 11.9. The van der Waals surface area contributed by atoms with E-state index in [-0.39, 0.29) is 17.5 Å². The van der Waals surface area contributed by atoms with Crippen LogP contribution in [0.15, 0.2) is 36.7 Å². The van der Waals surface area contributed by atoms with Crippen LogP contribution in [0.5, 0.6) is 5.75 Å². The van der Waals surface area contributed by atoms with Gasteiger partial charge in [-0.1, -0.05) is 17.7 Å². The van der Waals surface area contributed by atoms with Crippen molar-refractivity contribution in [3.05, 3.63) is 47.5 Å². The van der Waals surface area contributed by atoms with Gasteiger partial charge >= 0.3 is 0 Å². The Bertz CT molecular complexity index is 652. The van der Waals surface area contributed by atoms with E-state index in [1.54, 1.807) is 24.3 Å². The van der Waals surface area contributed by atoms with E-state index in [9.17, 15) is 4.79 Å². The van der Waals surface area contributed by atoms with Crippen molar-refractivity contribution in [1.82, 2.24) is 9.97 Å². The normalized spacial score (nSPS) is 9.60. The third-order valence-electron chi connectivity index (χ3n) is 2.25. The first-order valence-electron chi connectivity index (χ1n) is 5.58. The molecule has 6 nitrogen and oxygen atoms in total. The monoisotopic (exact) mass is 288 g/mol. The molecule has 1 aromatic heterocycles. The third kappa shape index (κ3) is 3.67. The quantitative estimate of drug-likeness (QED) is 0.932. The highest BCUT2D eigenvalue weighted by atomic mass is 35.5. The second-order valence-electron chi connectivity index (χ2n) is 3.65. The van der Waals surface area contributed by atoms with Gasteiger partial charge in [-0.2, -0.15) is 5.26 Å². The summed E-state index contributed by atoms with van der Waals surface area (Å²) in [6.07, 6.45) is 2.58. The van der Waals surface area contributed by atoms with Gasteiger partial charge in [0.25, 0.3) is 5.91 Å². The van der Waals surface area contributed by atoms with Crippen molar-refractivity contribution >= 4 is 23.2 Å². The fourth-order valence-corrected chi connectivity index (χ4v) is 1.50. The van der Waals surface area contributed by atoms with Crippen LogP contribution in [0.3, 0.4) is 0 Å². The van der Waals surface area contributed by atoms with E-state index < -0.39 is 5.91 Å². The number of anilines is 1. The molecule has 1 aromatic carbocycles. The lowest BCUT2D eigenvalue weighted by Gasteiger charge is -2.06. The lowest BCUT2D eigenvalue weighted by Crippen LogP contribution is -2.14. The third-order valence-corrected chi connectivity index (χ3v) is 2.44. The zero-order valence-electron chi connectivity index (χ0n) is 10.2. The van der Waals surface area contributed by atoms with Crippen LogP contribution >= 0.6 is 11.6 Å². The highest BCUT2D eigenvalue weighted by Crippen LogP contribution is 2.17. The van der Waals surface area contributed by atoms with Crippen LogP contribution < -0.4 is 10.1 Å². The van der Waals surface area contributed by atoms with Crippen molar-refractivity contribution < 1.29 is 9.53 Å². The van der Waals surface area contributed by atoms with Gasteiger partial charge in [-0.15, -0.1) is 0 Å². The smallest absolute Gasteiger partial charge is 0.275 e. The fraction of sp³-hybridized carbons (Fsp3) is 0.0769. The molecule has 1 N–H and O–H groups in total. The van der Waals surface area contributed by atoms with E-state index in [1.807, 2.05) is 6.07 Å². The molecule has 0 spiro atoms. The molecule has 0 bridgehead atoms. The molecule has 2 aromatic rings. The minimum absolute atomic E-state index is 0.0555. The lowest BCUT2D eigenvalue weighted by atomic mass is 10.3. The molecule has 1 heterocycles. The van der Waals surface area contributed by atoms with Crippen LogP contribution in [0, 0.1) is 11.3 Å². The molecule has 1 amide bonds. The summed E-state index contributed by atoms with van der Waals surface area (Å²) in [5.41, 5.74) is 0.680. The second-order valence-corrected chi connectivity index (χ2v) is 4.04. The van der Waals surface area contributed by atoms with E-state index >= 15 is 0 Å². The number of ether oxygens (including phenoxy) is 1. The number of nitrogens with one attached hydrogen (secondary N) is 1. The van der Waals surface area contributed by atoms with E-state index in [4.69, 9.17) is 21.6 Å². The largest absolute Gasteiger partial charge is 0.479 e. The van der Waals surface area contributed by atoms with Gasteiger partial charge in [-0.05, 0) is 12.1 Å². The van der Waals surface area contributed by atoms with Crippen molar-refractivity contribution in [2.24, 2.45) is 0 Å². The molecule has 20 heavy (non-hydrogen) atoms. The van der Waals surface area contributed by atoms with E-state index in [2.05, 4.69) is 15.3 Å². The van der Waals surface area contributed by atoms with Crippen LogP contribution in [-0.4, -0.2) is 22.5 Å². The highest BCUT2D eigenvalue weighted by Gasteiger charge is 2.08. The summed E-state index contributed by atoms with van der Waals surface area (Å²) in [7, 11) is 0. The SMILES string of the molecule is N#CCOc1cccc(NC(=O)c2cnc(Cl)cn2)c1. The molecule has 0 fully saturated rings. The van der Waals surface area contributed by atoms with Gasteiger partial charge < -0.3 is 10.1 Å². The Morgan fingerprint density at radius 3 is 2.95 bits per heavy atom. The van der Waals surface area contributed by atoms with Gasteiger partial charge in [0.05, 0.1) is 12.4 Å². The number of carbonyl (C=O) groups excluding carboxylic acids is 1. The number of hydrogen-bond acceptors (Lipinski definition) is 5. The Morgan fingerprint density at radius 1 is 1.40 bits per heavy atom. The summed E-state index contributed by atoms with van der Waals surface area (Å²) in [6.45, 7) is -0.0555. The Morgan fingerprint density at radius 2 is 2.25 bits per heavy atom. The van der Waals surface area contributed by atoms with E-state index in [1.165, 1.54) is 12.4 Å². The number of rotatable bonds is 4. The first-order valence-corrected chi connectivity index (χ1v) is 5.95. The Kier molecular flexibility index (Phi) is 4.47. The Balaban J connectivity index is 2.07. The van der Waals surface area contributed by atoms with Crippen LogP contribution in [0.25, 0.3) is 0 Å². The second kappa shape index (κ2) is 6.50. The molecule has 0 saturated heterocycles. The Hall–Kier alpha value is -2.65. The van der Waals surface area contributed by atoms with Gasteiger partial charge in [0.1, 0.15) is 22.7 Å². The zero-order chi connectivity index (χ0) is 14.4. The molecule has 0 saturated carbocycles. The maximum Gasteiger partial charge on any atom is 0.275 e. The van der Waals surface area contributed by atoms with Crippen LogP contribution in [0.4, 0.5) is 5.69 Å². The van der Waals surface area contributed by atoms with Gasteiger partial charge in [0.15, 0.2) is 6.61 Å². The number of benzene rings is 1. The Labute approximate surface area is 120 Å².